The molecule has 0 radical (unpaired) electrons. The Morgan fingerprint density at radius 2 is 1.97 bits per heavy atom. The van der Waals surface area contributed by atoms with Crippen molar-refractivity contribution in [3.8, 4) is 0 Å². The van der Waals surface area contributed by atoms with Crippen LogP contribution in [0.2, 0.25) is 5.02 Å². The van der Waals surface area contributed by atoms with E-state index in [-0.39, 0.29) is 24.0 Å². The fourth-order valence-corrected chi connectivity index (χ4v) is 3.56. The number of pyridine rings is 1. The quantitative estimate of drug-likeness (QED) is 0.283. The molecule has 164 valence electrons. The van der Waals surface area contributed by atoms with Crippen LogP contribution in [0.4, 0.5) is 0 Å². The van der Waals surface area contributed by atoms with Crippen LogP contribution in [-0.2, 0) is 6.54 Å². The van der Waals surface area contributed by atoms with Crippen LogP contribution >= 0.6 is 35.6 Å². The second kappa shape index (κ2) is 13.1. The van der Waals surface area contributed by atoms with Crippen molar-refractivity contribution >= 4 is 41.5 Å². The van der Waals surface area contributed by atoms with E-state index in [1.807, 2.05) is 37.4 Å². The predicted octanol–water partition coefficient (Wildman–Crippen LogP) is 3.61. The number of aliphatic imine (C=N–C) groups is 1. The van der Waals surface area contributed by atoms with E-state index in [1.165, 1.54) is 0 Å². The number of hydrogen-bond donors (Lipinski definition) is 3. The van der Waals surface area contributed by atoms with Gasteiger partial charge in [-0.2, -0.15) is 0 Å². The van der Waals surface area contributed by atoms with Gasteiger partial charge in [0, 0.05) is 43.4 Å². The third-order valence-electron chi connectivity index (χ3n) is 5.06. The van der Waals surface area contributed by atoms with E-state index in [0.717, 1.165) is 56.2 Å². The number of halogens is 2. The number of aliphatic hydroxyl groups excluding tert-OH is 1. The standard InChI is InChI=1S/C22H30ClN5O.HI/c1-2-24-22(26-15-21(29)17-6-8-18(23)9-7-17)27-19-10-13-28(14-11-19)16-20-5-3-4-12-25-20;/h3-9,12,19,21,29H,2,10-11,13-16H2,1H3,(H2,24,26,27);1H. The van der Waals surface area contributed by atoms with Crippen LogP contribution in [0.5, 0.6) is 0 Å². The summed E-state index contributed by atoms with van der Waals surface area (Å²) in [5.41, 5.74) is 1.93. The van der Waals surface area contributed by atoms with Crippen molar-refractivity contribution in [3.05, 3.63) is 64.9 Å². The highest BCUT2D eigenvalue weighted by Gasteiger charge is 2.20. The van der Waals surface area contributed by atoms with Gasteiger partial charge < -0.3 is 15.7 Å². The largest absolute Gasteiger partial charge is 0.386 e. The highest BCUT2D eigenvalue weighted by molar-refractivity contribution is 14.0. The lowest BCUT2D eigenvalue weighted by Gasteiger charge is -2.32. The molecule has 2 aromatic rings. The number of aromatic nitrogens is 1. The summed E-state index contributed by atoms with van der Waals surface area (Å²) in [5, 5.41) is 17.9. The van der Waals surface area contributed by atoms with Crippen LogP contribution in [0.25, 0.3) is 0 Å². The lowest BCUT2D eigenvalue weighted by Crippen LogP contribution is -2.48. The Balaban J connectivity index is 0.00000320. The molecule has 1 aromatic carbocycles. The number of benzene rings is 1. The Morgan fingerprint density at radius 3 is 2.60 bits per heavy atom. The molecule has 1 atom stereocenters. The molecule has 0 saturated carbocycles. The number of hydrogen-bond acceptors (Lipinski definition) is 4. The number of nitrogens with one attached hydrogen (secondary N) is 2. The van der Waals surface area contributed by atoms with Crippen molar-refractivity contribution < 1.29 is 5.11 Å². The van der Waals surface area contributed by atoms with E-state index in [1.54, 1.807) is 12.1 Å². The predicted molar refractivity (Wildman–Crippen MR) is 133 cm³/mol. The third-order valence-corrected chi connectivity index (χ3v) is 5.31. The smallest absolute Gasteiger partial charge is 0.191 e. The summed E-state index contributed by atoms with van der Waals surface area (Å²) in [5.74, 6) is 0.753. The molecule has 1 aliphatic rings. The fourth-order valence-electron chi connectivity index (χ4n) is 3.44. The number of likely N-dealkylation sites (tertiary alicyclic amines) is 1. The zero-order valence-corrected chi connectivity index (χ0v) is 20.4. The maximum atomic E-state index is 10.4. The molecule has 0 aliphatic carbocycles. The van der Waals surface area contributed by atoms with Gasteiger partial charge in [-0.1, -0.05) is 29.8 Å². The summed E-state index contributed by atoms with van der Waals surface area (Å²) >= 11 is 5.91. The van der Waals surface area contributed by atoms with Crippen molar-refractivity contribution in [1.29, 1.82) is 0 Å². The van der Waals surface area contributed by atoms with E-state index >= 15 is 0 Å². The lowest BCUT2D eigenvalue weighted by atomic mass is 10.0. The van der Waals surface area contributed by atoms with Gasteiger partial charge in [0.2, 0.25) is 0 Å². The average molecular weight is 544 g/mol. The fraction of sp³-hybridized carbons (Fsp3) is 0.455. The second-order valence-electron chi connectivity index (χ2n) is 7.30. The van der Waals surface area contributed by atoms with E-state index in [9.17, 15) is 5.11 Å². The van der Waals surface area contributed by atoms with Gasteiger partial charge in [0.05, 0.1) is 18.3 Å². The van der Waals surface area contributed by atoms with Crippen LogP contribution in [-0.4, -0.2) is 53.2 Å². The van der Waals surface area contributed by atoms with Crippen molar-refractivity contribution in [2.45, 2.75) is 38.5 Å². The summed E-state index contributed by atoms with van der Waals surface area (Å²) in [6.45, 7) is 6.08. The summed E-state index contributed by atoms with van der Waals surface area (Å²) in [7, 11) is 0. The van der Waals surface area contributed by atoms with E-state index in [2.05, 4.69) is 31.6 Å². The van der Waals surface area contributed by atoms with Crippen LogP contribution in [0.1, 0.15) is 37.1 Å². The summed E-state index contributed by atoms with van der Waals surface area (Å²) in [6.07, 6.45) is 3.30. The topological polar surface area (TPSA) is 72.8 Å². The minimum absolute atomic E-state index is 0. The maximum Gasteiger partial charge on any atom is 0.191 e. The SMILES string of the molecule is CCNC(=NCC(O)c1ccc(Cl)cc1)NC1CCN(Cc2ccccn2)CC1.I. The highest BCUT2D eigenvalue weighted by Crippen LogP contribution is 2.17. The van der Waals surface area contributed by atoms with Crippen LogP contribution in [0, 0.1) is 0 Å². The van der Waals surface area contributed by atoms with Crippen LogP contribution < -0.4 is 10.6 Å². The molecular weight excluding hydrogens is 513 g/mol. The Bertz CT molecular complexity index is 767. The maximum absolute atomic E-state index is 10.4. The molecule has 3 N–H and O–H groups in total. The molecule has 0 bridgehead atoms. The number of guanidine groups is 1. The Hall–Kier alpha value is -1.42. The lowest BCUT2D eigenvalue weighted by molar-refractivity contribution is 0.186. The molecule has 1 aliphatic heterocycles. The first-order chi connectivity index (χ1) is 14.1. The molecule has 30 heavy (non-hydrogen) atoms. The second-order valence-corrected chi connectivity index (χ2v) is 7.74. The normalized spacial score (nSPS) is 16.6. The van der Waals surface area contributed by atoms with E-state index < -0.39 is 6.10 Å². The van der Waals surface area contributed by atoms with Gasteiger partial charge >= 0.3 is 0 Å². The Kier molecular flexibility index (Phi) is 10.8. The number of rotatable bonds is 7. The third kappa shape index (κ3) is 8.02. The molecule has 0 amide bonds. The molecule has 2 heterocycles. The summed E-state index contributed by atoms with van der Waals surface area (Å²) in [6, 6.07) is 13.7. The number of aliphatic hydroxyl groups is 1. The Morgan fingerprint density at radius 1 is 1.23 bits per heavy atom. The minimum Gasteiger partial charge on any atom is -0.386 e. The molecule has 0 spiro atoms. The summed E-state index contributed by atoms with van der Waals surface area (Å²) in [4.78, 5) is 11.4. The molecule has 6 nitrogen and oxygen atoms in total. The van der Waals surface area contributed by atoms with E-state index in [0.29, 0.717) is 17.6 Å². The van der Waals surface area contributed by atoms with Gasteiger partial charge in [0.1, 0.15) is 0 Å². The van der Waals surface area contributed by atoms with Crippen molar-refractivity contribution in [3.63, 3.8) is 0 Å². The molecule has 3 rings (SSSR count). The van der Waals surface area contributed by atoms with Gasteiger partial charge in [-0.15, -0.1) is 24.0 Å². The number of piperidine rings is 1. The first kappa shape index (κ1) is 24.8. The number of nitrogens with zero attached hydrogens (tertiary/aromatic N) is 3. The average Bonchev–Trinajstić information content (AvgIpc) is 2.74. The monoisotopic (exact) mass is 543 g/mol. The summed E-state index contributed by atoms with van der Waals surface area (Å²) < 4.78 is 0. The molecule has 1 aromatic heterocycles. The molecule has 1 saturated heterocycles. The molecule has 8 heteroatoms. The molecule has 1 unspecified atom stereocenters. The molecular formula is C22H31ClIN5O. The first-order valence-electron chi connectivity index (χ1n) is 10.2. The zero-order valence-electron chi connectivity index (χ0n) is 17.3. The first-order valence-corrected chi connectivity index (χ1v) is 10.6. The van der Waals surface area contributed by atoms with Crippen molar-refractivity contribution in [2.75, 3.05) is 26.2 Å². The molecule has 1 fully saturated rings. The Labute approximate surface area is 201 Å². The van der Waals surface area contributed by atoms with Gasteiger partial charge in [-0.05, 0) is 49.6 Å². The van der Waals surface area contributed by atoms with Gasteiger partial charge in [-0.25, -0.2) is 0 Å². The van der Waals surface area contributed by atoms with Crippen molar-refractivity contribution in [2.24, 2.45) is 4.99 Å². The van der Waals surface area contributed by atoms with Gasteiger partial charge in [-0.3, -0.25) is 14.9 Å². The van der Waals surface area contributed by atoms with Gasteiger partial charge in [0.25, 0.3) is 0 Å². The zero-order chi connectivity index (χ0) is 20.5. The highest BCUT2D eigenvalue weighted by atomic mass is 127. The van der Waals surface area contributed by atoms with Crippen molar-refractivity contribution in [1.82, 2.24) is 20.5 Å². The van der Waals surface area contributed by atoms with Gasteiger partial charge in [0.15, 0.2) is 5.96 Å². The minimum atomic E-state index is -0.650. The van der Waals surface area contributed by atoms with Crippen LogP contribution in [0.15, 0.2) is 53.7 Å². The van der Waals surface area contributed by atoms with E-state index in [4.69, 9.17) is 11.6 Å². The van der Waals surface area contributed by atoms with Crippen LogP contribution in [0.3, 0.4) is 0 Å².